The summed E-state index contributed by atoms with van der Waals surface area (Å²) in [6.07, 6.45) is 6.69. The molecule has 0 radical (unpaired) electrons. The highest BCUT2D eigenvalue weighted by Gasteiger charge is 2.13. The van der Waals surface area contributed by atoms with Gasteiger partial charge in [0.15, 0.2) is 0 Å². The molecule has 1 N–H and O–H groups in total. The molecule has 0 unspecified atom stereocenters. The van der Waals surface area contributed by atoms with E-state index in [-0.39, 0.29) is 5.91 Å². The summed E-state index contributed by atoms with van der Waals surface area (Å²) in [4.78, 5) is 16.6. The Morgan fingerprint density at radius 2 is 2.27 bits per heavy atom. The normalized spacial score (nSPS) is 11.0. The Hall–Kier alpha value is -2.28. The number of imidazole rings is 1. The van der Waals surface area contributed by atoms with Gasteiger partial charge in [0.25, 0.3) is 5.91 Å². The van der Waals surface area contributed by atoms with Crippen LogP contribution in [0.4, 0.5) is 5.13 Å². The number of hydrogen-bond acceptors (Lipinski definition) is 5. The summed E-state index contributed by atoms with van der Waals surface area (Å²) in [5.74, 6) is -0.264. The number of carbonyl (C=O) groups excluding carboxylic acids is 1. The fourth-order valence-electron chi connectivity index (χ4n) is 2.09. The maximum Gasteiger partial charge on any atom is 0.277 e. The molecule has 114 valence electrons. The molecule has 0 bridgehead atoms. The summed E-state index contributed by atoms with van der Waals surface area (Å²) in [5, 5.41) is 12.3. The van der Waals surface area contributed by atoms with Crippen LogP contribution in [0.5, 0.6) is 0 Å². The van der Waals surface area contributed by atoms with Gasteiger partial charge in [-0.15, -0.1) is 10.2 Å². The second-order valence-corrected chi connectivity index (χ2v) is 6.22. The van der Waals surface area contributed by atoms with Gasteiger partial charge in [-0.2, -0.15) is 0 Å². The zero-order chi connectivity index (χ0) is 15.5. The standard InChI is InChI=1S/C15H17N5OS/c1-3-4-5-13-18-19-15(22-13)17-14(21)11-9-20-7-6-10(2)8-12(20)16-11/h6-9H,3-5H2,1-2H3,(H,17,19,21). The number of fused-ring (bicyclic) bond motifs is 1. The van der Waals surface area contributed by atoms with E-state index < -0.39 is 0 Å². The highest BCUT2D eigenvalue weighted by Crippen LogP contribution is 2.18. The third-order valence-corrected chi connectivity index (χ3v) is 4.18. The number of unbranched alkanes of at least 4 members (excludes halogenated alkanes) is 1. The monoisotopic (exact) mass is 315 g/mol. The van der Waals surface area contributed by atoms with Crippen LogP contribution < -0.4 is 5.32 Å². The van der Waals surface area contributed by atoms with Crippen LogP contribution in [-0.4, -0.2) is 25.5 Å². The first-order valence-corrected chi connectivity index (χ1v) is 8.06. The Morgan fingerprint density at radius 1 is 1.41 bits per heavy atom. The van der Waals surface area contributed by atoms with Crippen molar-refractivity contribution in [2.45, 2.75) is 33.1 Å². The highest BCUT2D eigenvalue weighted by molar-refractivity contribution is 7.15. The van der Waals surface area contributed by atoms with Crippen molar-refractivity contribution in [2.75, 3.05) is 5.32 Å². The number of aromatic nitrogens is 4. The van der Waals surface area contributed by atoms with E-state index in [1.165, 1.54) is 11.3 Å². The van der Waals surface area contributed by atoms with E-state index in [9.17, 15) is 4.79 Å². The summed E-state index contributed by atoms with van der Waals surface area (Å²) < 4.78 is 1.83. The van der Waals surface area contributed by atoms with Crippen molar-refractivity contribution in [2.24, 2.45) is 0 Å². The number of nitrogens with zero attached hydrogens (tertiary/aromatic N) is 4. The van der Waals surface area contributed by atoms with Crippen LogP contribution in [0.2, 0.25) is 0 Å². The molecule has 3 rings (SSSR count). The van der Waals surface area contributed by atoms with Crippen LogP contribution in [0.1, 0.15) is 40.8 Å². The van der Waals surface area contributed by atoms with Gasteiger partial charge in [-0.25, -0.2) is 4.98 Å². The van der Waals surface area contributed by atoms with Crippen LogP contribution in [0.3, 0.4) is 0 Å². The zero-order valence-electron chi connectivity index (χ0n) is 12.5. The minimum atomic E-state index is -0.264. The van der Waals surface area contributed by atoms with Crippen molar-refractivity contribution in [1.82, 2.24) is 19.6 Å². The third-order valence-electron chi connectivity index (χ3n) is 3.28. The van der Waals surface area contributed by atoms with E-state index in [1.54, 1.807) is 6.20 Å². The lowest BCUT2D eigenvalue weighted by atomic mass is 10.3. The van der Waals surface area contributed by atoms with Gasteiger partial charge in [-0.3, -0.25) is 10.1 Å². The number of amides is 1. The van der Waals surface area contributed by atoms with Crippen molar-refractivity contribution in [3.05, 3.63) is 40.8 Å². The van der Waals surface area contributed by atoms with Crippen LogP contribution in [0, 0.1) is 6.92 Å². The minimum Gasteiger partial charge on any atom is -0.306 e. The lowest BCUT2D eigenvalue weighted by molar-refractivity contribution is 0.102. The largest absolute Gasteiger partial charge is 0.306 e. The van der Waals surface area contributed by atoms with Gasteiger partial charge in [0.05, 0.1) is 0 Å². The SMILES string of the molecule is CCCCc1nnc(NC(=O)c2cn3ccc(C)cc3n2)s1. The summed E-state index contributed by atoms with van der Waals surface area (Å²) >= 11 is 1.42. The molecule has 0 aliphatic carbocycles. The second kappa shape index (κ2) is 6.23. The molecule has 0 fully saturated rings. The molecule has 0 spiro atoms. The number of rotatable bonds is 5. The Balaban J connectivity index is 1.73. The number of carbonyl (C=O) groups is 1. The smallest absolute Gasteiger partial charge is 0.277 e. The molecule has 6 nitrogen and oxygen atoms in total. The maximum atomic E-state index is 12.2. The van der Waals surface area contributed by atoms with Crippen LogP contribution in [0.15, 0.2) is 24.5 Å². The predicted octanol–water partition coefficient (Wildman–Crippen LogP) is 3.09. The van der Waals surface area contributed by atoms with Crippen molar-refractivity contribution in [3.8, 4) is 0 Å². The first kappa shape index (κ1) is 14.6. The fraction of sp³-hybridized carbons (Fsp3) is 0.333. The number of hydrogen-bond donors (Lipinski definition) is 1. The van der Waals surface area contributed by atoms with E-state index in [4.69, 9.17) is 0 Å². The minimum absolute atomic E-state index is 0.264. The molecule has 0 saturated carbocycles. The Kier molecular flexibility index (Phi) is 4.15. The van der Waals surface area contributed by atoms with Crippen molar-refractivity contribution in [3.63, 3.8) is 0 Å². The van der Waals surface area contributed by atoms with Gasteiger partial charge in [0.1, 0.15) is 16.3 Å². The van der Waals surface area contributed by atoms with Crippen LogP contribution in [-0.2, 0) is 6.42 Å². The van der Waals surface area contributed by atoms with Crippen LogP contribution in [0.25, 0.3) is 5.65 Å². The molecule has 0 aromatic carbocycles. The Morgan fingerprint density at radius 3 is 3.09 bits per heavy atom. The molecule has 3 heterocycles. The van der Waals surface area contributed by atoms with Gasteiger partial charge < -0.3 is 4.40 Å². The molecule has 0 aliphatic rings. The van der Waals surface area contributed by atoms with E-state index in [0.717, 1.165) is 35.5 Å². The van der Waals surface area contributed by atoms with E-state index in [2.05, 4.69) is 27.4 Å². The topological polar surface area (TPSA) is 72.2 Å². The molecular weight excluding hydrogens is 298 g/mol. The summed E-state index contributed by atoms with van der Waals surface area (Å²) in [6, 6.07) is 3.91. The average Bonchev–Trinajstić information content (AvgIpc) is 3.11. The van der Waals surface area contributed by atoms with Crippen LogP contribution >= 0.6 is 11.3 Å². The molecule has 3 aromatic heterocycles. The number of aryl methyl sites for hydroxylation is 2. The molecular formula is C15H17N5OS. The molecule has 0 atom stereocenters. The van der Waals surface area contributed by atoms with Gasteiger partial charge in [-0.1, -0.05) is 24.7 Å². The summed E-state index contributed by atoms with van der Waals surface area (Å²) in [5.41, 5.74) is 2.23. The fourth-order valence-corrected chi connectivity index (χ4v) is 2.86. The van der Waals surface area contributed by atoms with E-state index in [1.807, 2.05) is 29.7 Å². The lowest BCUT2D eigenvalue weighted by Gasteiger charge is -1.95. The Bertz CT molecular complexity index is 807. The van der Waals surface area contributed by atoms with E-state index >= 15 is 0 Å². The average molecular weight is 315 g/mol. The lowest BCUT2D eigenvalue weighted by Crippen LogP contribution is -2.12. The molecule has 1 amide bonds. The Labute approximate surface area is 132 Å². The van der Waals surface area contributed by atoms with Gasteiger partial charge in [0.2, 0.25) is 5.13 Å². The number of pyridine rings is 1. The van der Waals surface area contributed by atoms with Crippen molar-refractivity contribution < 1.29 is 4.79 Å². The first-order valence-electron chi connectivity index (χ1n) is 7.25. The molecule has 7 heteroatoms. The molecule has 3 aromatic rings. The predicted molar refractivity (Wildman–Crippen MR) is 86.4 cm³/mol. The molecule has 0 saturated heterocycles. The second-order valence-electron chi connectivity index (χ2n) is 5.15. The molecule has 22 heavy (non-hydrogen) atoms. The molecule has 0 aliphatic heterocycles. The van der Waals surface area contributed by atoms with Gasteiger partial charge >= 0.3 is 0 Å². The number of anilines is 1. The first-order chi connectivity index (χ1) is 10.7. The van der Waals surface area contributed by atoms with Crippen molar-refractivity contribution >= 4 is 28.0 Å². The summed E-state index contributed by atoms with van der Waals surface area (Å²) in [6.45, 7) is 4.13. The summed E-state index contributed by atoms with van der Waals surface area (Å²) in [7, 11) is 0. The highest BCUT2D eigenvalue weighted by atomic mass is 32.1. The van der Waals surface area contributed by atoms with Crippen molar-refractivity contribution in [1.29, 1.82) is 0 Å². The number of nitrogens with one attached hydrogen (secondary N) is 1. The third kappa shape index (κ3) is 3.14. The van der Waals surface area contributed by atoms with Gasteiger partial charge in [-0.05, 0) is 31.0 Å². The zero-order valence-corrected chi connectivity index (χ0v) is 13.4. The maximum absolute atomic E-state index is 12.2. The van der Waals surface area contributed by atoms with Gasteiger partial charge in [0, 0.05) is 18.8 Å². The van der Waals surface area contributed by atoms with E-state index in [0.29, 0.717) is 10.8 Å². The quantitative estimate of drug-likeness (QED) is 0.785.